The van der Waals surface area contributed by atoms with E-state index in [9.17, 15) is 23.2 Å². The van der Waals surface area contributed by atoms with E-state index in [0.29, 0.717) is 33.8 Å². The van der Waals surface area contributed by atoms with Crippen molar-refractivity contribution in [2.45, 2.75) is 17.0 Å². The number of nitriles is 1. The number of alkyl halides is 3. The van der Waals surface area contributed by atoms with Crippen LogP contribution in [0.5, 0.6) is 11.5 Å². The Morgan fingerprint density at radius 2 is 1.73 bits per heavy atom. The first-order valence-electron chi connectivity index (χ1n) is 12.0. The molecular weight excluding hydrogens is 537 g/mol. The third-order valence-electron chi connectivity index (χ3n) is 5.94. The second-order valence-electron chi connectivity index (χ2n) is 8.50. The van der Waals surface area contributed by atoms with Crippen molar-refractivity contribution in [3.8, 4) is 28.7 Å². The molecule has 40 heavy (non-hydrogen) atoms. The largest absolute Gasteiger partial charge is 0.497 e. The van der Waals surface area contributed by atoms with E-state index in [0.717, 1.165) is 17.8 Å². The Morgan fingerprint density at radius 1 is 1.00 bits per heavy atom. The molecule has 0 fully saturated rings. The van der Waals surface area contributed by atoms with Crippen molar-refractivity contribution in [3.63, 3.8) is 0 Å². The molecule has 0 radical (unpaired) electrons. The van der Waals surface area contributed by atoms with Gasteiger partial charge in [0.05, 0.1) is 19.8 Å². The molecule has 0 saturated carbocycles. The van der Waals surface area contributed by atoms with Gasteiger partial charge in [-0.05, 0) is 59.7 Å². The van der Waals surface area contributed by atoms with Gasteiger partial charge in [0.25, 0.3) is 0 Å². The number of hydrogen-bond acceptors (Lipinski definition) is 6. The standard InChI is InChI=1S/C31H23F3N2O3S/c1-38-24-12-10-22(11-13-24)27(37)14-8-20-9-15-28(39-2)23(16-20)19-40-30-26(18-35)25(21-6-4-3-5-7-21)17-29(36-30)31(32,33)34/h3-17H,19H2,1-2H3/b14-8+. The lowest BCUT2D eigenvalue weighted by atomic mass is 10.0. The Hall–Kier alpha value is -4.55. The predicted molar refractivity (Wildman–Crippen MR) is 148 cm³/mol. The van der Waals surface area contributed by atoms with Gasteiger partial charge in [0, 0.05) is 22.4 Å². The quantitative estimate of drug-likeness (QED) is 0.118. The first-order valence-corrected chi connectivity index (χ1v) is 13.0. The zero-order valence-electron chi connectivity index (χ0n) is 21.5. The summed E-state index contributed by atoms with van der Waals surface area (Å²) in [5.74, 6) is 1.13. The van der Waals surface area contributed by atoms with Gasteiger partial charge in [-0.2, -0.15) is 18.4 Å². The van der Waals surface area contributed by atoms with Gasteiger partial charge in [-0.3, -0.25) is 4.79 Å². The smallest absolute Gasteiger partial charge is 0.433 e. The molecule has 0 aliphatic heterocycles. The van der Waals surface area contributed by atoms with Crippen molar-refractivity contribution in [2.24, 2.45) is 0 Å². The minimum atomic E-state index is -4.69. The first kappa shape index (κ1) is 28.5. The van der Waals surface area contributed by atoms with Crippen LogP contribution in [0.25, 0.3) is 17.2 Å². The highest BCUT2D eigenvalue weighted by Gasteiger charge is 2.34. The number of ether oxygens (including phenoxy) is 2. The summed E-state index contributed by atoms with van der Waals surface area (Å²) in [4.78, 5) is 16.4. The van der Waals surface area contributed by atoms with Gasteiger partial charge in [-0.1, -0.05) is 42.5 Å². The van der Waals surface area contributed by atoms with Crippen molar-refractivity contribution in [3.05, 3.63) is 113 Å². The number of hydrogen-bond donors (Lipinski definition) is 0. The number of aromatic nitrogens is 1. The number of halogens is 3. The lowest BCUT2D eigenvalue weighted by Crippen LogP contribution is -2.10. The molecule has 202 valence electrons. The molecule has 0 atom stereocenters. The summed E-state index contributed by atoms with van der Waals surface area (Å²) < 4.78 is 51.8. The number of pyridine rings is 1. The Kier molecular flexibility index (Phi) is 8.92. The average Bonchev–Trinajstić information content (AvgIpc) is 2.98. The molecule has 0 bridgehead atoms. The van der Waals surface area contributed by atoms with Crippen LogP contribution >= 0.6 is 11.8 Å². The fraction of sp³-hybridized carbons (Fsp3) is 0.129. The van der Waals surface area contributed by atoms with Gasteiger partial charge >= 0.3 is 6.18 Å². The Bertz CT molecular complexity index is 1580. The maximum atomic E-state index is 13.7. The van der Waals surface area contributed by atoms with E-state index < -0.39 is 11.9 Å². The van der Waals surface area contributed by atoms with Gasteiger partial charge in [-0.25, -0.2) is 4.98 Å². The molecule has 4 aromatic rings. The van der Waals surface area contributed by atoms with Gasteiger partial charge in [-0.15, -0.1) is 11.8 Å². The number of carbonyl (C=O) groups is 1. The zero-order chi connectivity index (χ0) is 28.7. The van der Waals surface area contributed by atoms with Crippen LogP contribution in [0, 0.1) is 11.3 Å². The van der Waals surface area contributed by atoms with Crippen molar-refractivity contribution >= 4 is 23.6 Å². The summed E-state index contributed by atoms with van der Waals surface area (Å²) in [5, 5.41) is 9.85. The van der Waals surface area contributed by atoms with E-state index in [-0.39, 0.29) is 27.7 Å². The minimum absolute atomic E-state index is 0.0335. The topological polar surface area (TPSA) is 72.2 Å². The first-order chi connectivity index (χ1) is 19.2. The molecule has 0 aliphatic rings. The van der Waals surface area contributed by atoms with Crippen LogP contribution in [0.1, 0.15) is 32.7 Å². The number of allylic oxidation sites excluding steroid dienone is 1. The number of carbonyl (C=O) groups excluding carboxylic acids is 1. The Morgan fingerprint density at radius 3 is 2.35 bits per heavy atom. The van der Waals surface area contributed by atoms with Gasteiger partial charge in [0.15, 0.2) is 5.78 Å². The van der Waals surface area contributed by atoms with Crippen LogP contribution in [-0.4, -0.2) is 25.0 Å². The molecule has 0 N–H and O–H groups in total. The van der Waals surface area contributed by atoms with E-state index in [1.165, 1.54) is 13.2 Å². The van der Waals surface area contributed by atoms with Crippen LogP contribution in [0.2, 0.25) is 0 Å². The number of ketones is 1. The molecule has 0 amide bonds. The molecule has 0 spiro atoms. The van der Waals surface area contributed by atoms with E-state index in [1.807, 2.05) is 6.07 Å². The fourth-order valence-electron chi connectivity index (χ4n) is 3.91. The predicted octanol–water partition coefficient (Wildman–Crippen LogP) is 7.84. The monoisotopic (exact) mass is 560 g/mol. The SMILES string of the molecule is COc1ccc(C(=O)/C=C/c2ccc(OC)c(CSc3nc(C(F)(F)F)cc(-c4ccccc4)c3C#N)c2)cc1. The van der Waals surface area contributed by atoms with Crippen molar-refractivity contribution in [1.29, 1.82) is 5.26 Å². The molecule has 4 rings (SSSR count). The van der Waals surface area contributed by atoms with Gasteiger partial charge < -0.3 is 9.47 Å². The lowest BCUT2D eigenvalue weighted by molar-refractivity contribution is -0.141. The van der Waals surface area contributed by atoms with E-state index >= 15 is 0 Å². The van der Waals surface area contributed by atoms with Crippen molar-refractivity contribution < 1.29 is 27.4 Å². The molecule has 1 aromatic heterocycles. The maximum absolute atomic E-state index is 13.7. The van der Waals surface area contributed by atoms with Crippen LogP contribution in [0.3, 0.4) is 0 Å². The molecule has 0 aliphatic carbocycles. The van der Waals surface area contributed by atoms with E-state index in [2.05, 4.69) is 4.98 Å². The fourth-order valence-corrected chi connectivity index (χ4v) is 4.89. The second-order valence-corrected chi connectivity index (χ2v) is 9.46. The summed E-state index contributed by atoms with van der Waals surface area (Å²) >= 11 is 1.01. The van der Waals surface area contributed by atoms with Gasteiger partial charge in [0.2, 0.25) is 0 Å². The molecule has 9 heteroatoms. The molecule has 0 unspecified atom stereocenters. The van der Waals surface area contributed by atoms with Crippen LogP contribution in [-0.2, 0) is 11.9 Å². The summed E-state index contributed by atoms with van der Waals surface area (Å²) in [6.45, 7) is 0. The molecule has 1 heterocycles. The van der Waals surface area contributed by atoms with Crippen LogP contribution in [0.15, 0.2) is 90.0 Å². The highest BCUT2D eigenvalue weighted by atomic mass is 32.2. The molecule has 3 aromatic carbocycles. The normalized spacial score (nSPS) is 11.3. The summed E-state index contributed by atoms with van der Waals surface area (Å²) in [6, 6.07) is 23.4. The Balaban J connectivity index is 1.63. The van der Waals surface area contributed by atoms with Crippen LogP contribution in [0.4, 0.5) is 13.2 Å². The highest BCUT2D eigenvalue weighted by molar-refractivity contribution is 7.98. The maximum Gasteiger partial charge on any atom is 0.433 e. The van der Waals surface area contributed by atoms with E-state index in [1.54, 1.807) is 86.0 Å². The number of rotatable bonds is 9. The van der Waals surface area contributed by atoms with Crippen LogP contribution < -0.4 is 9.47 Å². The highest BCUT2D eigenvalue weighted by Crippen LogP contribution is 2.38. The third-order valence-corrected chi connectivity index (χ3v) is 6.97. The van der Waals surface area contributed by atoms with E-state index in [4.69, 9.17) is 9.47 Å². The Labute approximate surface area is 233 Å². The number of methoxy groups -OCH3 is 2. The number of benzene rings is 3. The minimum Gasteiger partial charge on any atom is -0.497 e. The zero-order valence-corrected chi connectivity index (χ0v) is 22.3. The molecule has 5 nitrogen and oxygen atoms in total. The summed E-state index contributed by atoms with van der Waals surface area (Å²) in [7, 11) is 3.03. The summed E-state index contributed by atoms with van der Waals surface area (Å²) in [5.41, 5.74) is 1.48. The number of nitrogens with zero attached hydrogens (tertiary/aromatic N) is 2. The molecular formula is C31H23F3N2O3S. The number of thioether (sulfide) groups is 1. The van der Waals surface area contributed by atoms with Gasteiger partial charge in [0.1, 0.15) is 28.3 Å². The second kappa shape index (κ2) is 12.5. The lowest BCUT2D eigenvalue weighted by Gasteiger charge is -2.15. The third kappa shape index (κ3) is 6.71. The van der Waals surface area contributed by atoms with Crippen molar-refractivity contribution in [2.75, 3.05) is 14.2 Å². The van der Waals surface area contributed by atoms with Crippen molar-refractivity contribution in [1.82, 2.24) is 4.98 Å². The molecule has 0 saturated heterocycles. The average molecular weight is 561 g/mol. The summed E-state index contributed by atoms with van der Waals surface area (Å²) in [6.07, 6.45) is -1.60.